The molecule has 5 atom stereocenters. The summed E-state index contributed by atoms with van der Waals surface area (Å²) in [5.41, 5.74) is 1.07. The Labute approximate surface area is 342 Å². The van der Waals surface area contributed by atoms with Gasteiger partial charge in [0.1, 0.15) is 30.3 Å². The quantitative estimate of drug-likeness (QED) is 0.0819. The first kappa shape index (κ1) is 47.0. The van der Waals surface area contributed by atoms with Crippen molar-refractivity contribution in [1.29, 1.82) is 0 Å². The third-order valence-electron chi connectivity index (χ3n) is 9.47. The van der Waals surface area contributed by atoms with Gasteiger partial charge in [0.2, 0.25) is 17.7 Å². The van der Waals surface area contributed by atoms with Crippen LogP contribution in [0.3, 0.4) is 0 Å². The van der Waals surface area contributed by atoms with Crippen LogP contribution in [0.5, 0.6) is 0 Å². The van der Waals surface area contributed by atoms with Crippen molar-refractivity contribution in [1.82, 2.24) is 26.2 Å². The topological polar surface area (TPSA) is 192 Å². The van der Waals surface area contributed by atoms with Crippen molar-refractivity contribution >= 4 is 35.9 Å². The molecule has 5 N–H and O–H groups in total. The van der Waals surface area contributed by atoms with Crippen LogP contribution < -0.4 is 21.3 Å². The summed E-state index contributed by atoms with van der Waals surface area (Å²) in [6.07, 6.45) is 4.62. The molecule has 0 aliphatic carbocycles. The average molecular weight is 806 g/mol. The van der Waals surface area contributed by atoms with Gasteiger partial charge < -0.3 is 40.7 Å². The molecule has 14 nitrogen and oxygen atoms in total. The van der Waals surface area contributed by atoms with Gasteiger partial charge >= 0.3 is 18.2 Å². The largest absolute Gasteiger partial charge is 0.480 e. The Balaban J connectivity index is 1.67. The smallest absolute Gasteiger partial charge is 0.408 e. The van der Waals surface area contributed by atoms with Crippen LogP contribution in [0, 0.1) is 17.8 Å². The van der Waals surface area contributed by atoms with Gasteiger partial charge in [0.05, 0.1) is 12.0 Å². The molecule has 0 aromatic heterocycles. The molecule has 0 unspecified atom stereocenters. The van der Waals surface area contributed by atoms with Gasteiger partial charge in [-0.3, -0.25) is 14.4 Å². The summed E-state index contributed by atoms with van der Waals surface area (Å²) in [5.74, 6) is -3.52. The summed E-state index contributed by atoms with van der Waals surface area (Å²) in [6, 6.07) is 15.1. The first-order valence-electron chi connectivity index (χ1n) is 20.2. The highest BCUT2D eigenvalue weighted by Gasteiger charge is 2.39. The van der Waals surface area contributed by atoms with E-state index in [1.807, 2.05) is 80.6 Å². The van der Waals surface area contributed by atoms with Crippen molar-refractivity contribution in [3.8, 4) is 0 Å². The van der Waals surface area contributed by atoms with Crippen molar-refractivity contribution < 1.29 is 43.3 Å². The normalized spacial score (nSPS) is 16.3. The van der Waals surface area contributed by atoms with Gasteiger partial charge in [-0.05, 0) is 82.3 Å². The van der Waals surface area contributed by atoms with Crippen LogP contribution in [0.25, 0.3) is 0 Å². The standard InChI is InChI=1S/C44H63N5O9/c1-29(2)26-34(46-43(56)58-44(5,6)7)23-22-33(27-31-16-10-8-11-17-31)40(52)49-25-15-21-36(49)38(50)48-37(30(3)4)39(51)47-35(41(53)54)20-14-24-45-42(55)57-28-32-18-12-9-13-19-32/h8-13,16-19,22-23,29-30,33-37H,14-15,20-21,24-28H2,1-7H3,(H,45,55)(H,46,56)(H,47,51)(H,48,50)(H,53,54)/b23-22+/t33-,34-,35+,36+,37-/m1/s1. The van der Waals surface area contributed by atoms with Crippen LogP contribution in [0.15, 0.2) is 72.8 Å². The average Bonchev–Trinajstić information content (AvgIpc) is 3.65. The Morgan fingerprint density at radius 3 is 2.09 bits per heavy atom. The number of likely N-dealkylation sites (tertiary alicyclic amines) is 1. The highest BCUT2D eigenvalue weighted by Crippen LogP contribution is 2.24. The summed E-state index contributed by atoms with van der Waals surface area (Å²) in [6.45, 7) is 13.5. The monoisotopic (exact) mass is 805 g/mol. The molecule has 2 aromatic carbocycles. The van der Waals surface area contributed by atoms with Crippen molar-refractivity contribution in [3.05, 3.63) is 83.9 Å². The number of alkyl carbamates (subject to hydrolysis) is 2. The number of ether oxygens (including phenoxy) is 2. The zero-order chi connectivity index (χ0) is 42.8. The number of rotatable bonds is 20. The fourth-order valence-corrected chi connectivity index (χ4v) is 6.62. The van der Waals surface area contributed by atoms with Gasteiger partial charge in [0, 0.05) is 13.1 Å². The molecule has 1 fully saturated rings. The molecule has 0 bridgehead atoms. The molecule has 3 rings (SSSR count). The molecule has 5 amide bonds. The minimum absolute atomic E-state index is 0.0192. The second-order valence-corrected chi connectivity index (χ2v) is 16.5. The zero-order valence-electron chi connectivity index (χ0n) is 35.0. The van der Waals surface area contributed by atoms with Gasteiger partial charge in [-0.15, -0.1) is 0 Å². The molecule has 1 aliphatic heterocycles. The molecule has 14 heteroatoms. The van der Waals surface area contributed by atoms with E-state index in [2.05, 4.69) is 21.3 Å². The van der Waals surface area contributed by atoms with E-state index in [1.54, 1.807) is 45.6 Å². The number of nitrogens with one attached hydrogen (secondary N) is 4. The first-order valence-corrected chi connectivity index (χ1v) is 20.2. The van der Waals surface area contributed by atoms with Gasteiger partial charge in [-0.25, -0.2) is 14.4 Å². The molecule has 1 heterocycles. The van der Waals surface area contributed by atoms with Gasteiger partial charge in [-0.2, -0.15) is 0 Å². The Hall–Kier alpha value is -5.40. The second-order valence-electron chi connectivity index (χ2n) is 16.5. The van der Waals surface area contributed by atoms with E-state index in [-0.39, 0.29) is 37.8 Å². The molecule has 1 saturated heterocycles. The molecule has 58 heavy (non-hydrogen) atoms. The zero-order valence-corrected chi connectivity index (χ0v) is 35.0. The lowest BCUT2D eigenvalue weighted by Crippen LogP contribution is -2.57. The highest BCUT2D eigenvalue weighted by atomic mass is 16.6. The summed E-state index contributed by atoms with van der Waals surface area (Å²) in [4.78, 5) is 80.2. The molecule has 0 radical (unpaired) electrons. The molecule has 2 aromatic rings. The van der Waals surface area contributed by atoms with Gasteiger partial charge in [0.25, 0.3) is 0 Å². The number of nitrogens with zero attached hydrogens (tertiary/aromatic N) is 1. The van der Waals surface area contributed by atoms with E-state index in [9.17, 15) is 33.9 Å². The van der Waals surface area contributed by atoms with Crippen LogP contribution in [0.2, 0.25) is 0 Å². The number of carbonyl (C=O) groups excluding carboxylic acids is 5. The van der Waals surface area contributed by atoms with Crippen LogP contribution >= 0.6 is 0 Å². The minimum Gasteiger partial charge on any atom is -0.480 e. The molecule has 0 spiro atoms. The van der Waals surface area contributed by atoms with Crippen molar-refractivity contribution in [3.63, 3.8) is 0 Å². The summed E-state index contributed by atoms with van der Waals surface area (Å²) in [7, 11) is 0. The van der Waals surface area contributed by atoms with E-state index >= 15 is 0 Å². The van der Waals surface area contributed by atoms with Crippen LogP contribution in [-0.2, 0) is 41.7 Å². The number of aliphatic carboxylic acids is 1. The maximum absolute atomic E-state index is 14.4. The molecular weight excluding hydrogens is 743 g/mol. The lowest BCUT2D eigenvalue weighted by Gasteiger charge is -2.30. The number of carbonyl (C=O) groups is 6. The van der Waals surface area contributed by atoms with Crippen LogP contribution in [0.1, 0.15) is 91.7 Å². The molecule has 0 saturated carbocycles. The minimum atomic E-state index is -1.27. The number of hydrogen-bond donors (Lipinski definition) is 5. The van der Waals surface area contributed by atoms with Crippen LogP contribution in [0.4, 0.5) is 9.59 Å². The third kappa shape index (κ3) is 16.6. The van der Waals surface area contributed by atoms with E-state index < -0.39 is 71.6 Å². The van der Waals surface area contributed by atoms with Gasteiger partial charge in [-0.1, -0.05) is 101 Å². The summed E-state index contributed by atoms with van der Waals surface area (Å²) < 4.78 is 10.7. The van der Waals surface area contributed by atoms with E-state index in [0.717, 1.165) is 11.1 Å². The van der Waals surface area contributed by atoms with Crippen molar-refractivity contribution in [2.45, 2.75) is 123 Å². The van der Waals surface area contributed by atoms with Gasteiger partial charge in [0.15, 0.2) is 0 Å². The van der Waals surface area contributed by atoms with Crippen LogP contribution in [-0.4, -0.2) is 88.7 Å². The SMILES string of the molecule is CC(C)C[C@@H](/C=C/[C@H](Cc1ccccc1)C(=O)N1CCC[C@H]1C(=O)N[C@@H](C(=O)N[C@@H](CCCNC(=O)OCc1ccccc1)C(=O)O)C(C)C)NC(=O)OC(C)(C)C. The fourth-order valence-electron chi connectivity index (χ4n) is 6.62. The molecule has 318 valence electrons. The third-order valence-corrected chi connectivity index (χ3v) is 9.47. The number of benzene rings is 2. The number of hydrogen-bond acceptors (Lipinski definition) is 8. The van der Waals surface area contributed by atoms with E-state index in [1.165, 1.54) is 0 Å². The van der Waals surface area contributed by atoms with E-state index in [0.29, 0.717) is 32.2 Å². The number of carboxylic acids is 1. The highest BCUT2D eigenvalue weighted by molar-refractivity contribution is 5.94. The maximum atomic E-state index is 14.4. The molecular formula is C44H63N5O9. The first-order chi connectivity index (χ1) is 27.4. The second kappa shape index (κ2) is 23.1. The number of amides is 5. The summed E-state index contributed by atoms with van der Waals surface area (Å²) >= 11 is 0. The predicted octanol–water partition coefficient (Wildman–Crippen LogP) is 5.75. The molecule has 1 aliphatic rings. The lowest BCUT2D eigenvalue weighted by atomic mass is 9.94. The number of carboxylic acid groups (broad SMARTS) is 1. The fraction of sp³-hybridized carbons (Fsp3) is 0.545. The Bertz CT molecular complexity index is 1680. The van der Waals surface area contributed by atoms with Crippen molar-refractivity contribution in [2.24, 2.45) is 17.8 Å². The Kier molecular flexibility index (Phi) is 18.7. The summed E-state index contributed by atoms with van der Waals surface area (Å²) in [5, 5.41) is 20.7. The Morgan fingerprint density at radius 1 is 0.862 bits per heavy atom. The maximum Gasteiger partial charge on any atom is 0.408 e. The lowest BCUT2D eigenvalue weighted by molar-refractivity contribution is -0.143. The predicted molar refractivity (Wildman–Crippen MR) is 220 cm³/mol. The van der Waals surface area contributed by atoms with Crippen molar-refractivity contribution in [2.75, 3.05) is 13.1 Å². The van der Waals surface area contributed by atoms with E-state index in [4.69, 9.17) is 9.47 Å². The Morgan fingerprint density at radius 2 is 1.50 bits per heavy atom.